The number of nitrogens with zero attached hydrogens (tertiary/aromatic N) is 1. The van der Waals surface area contributed by atoms with E-state index in [4.69, 9.17) is 12.2 Å². The Kier molecular flexibility index (Phi) is 5.34. The summed E-state index contributed by atoms with van der Waals surface area (Å²) in [5.41, 5.74) is 0.780. The van der Waals surface area contributed by atoms with Crippen LogP contribution < -0.4 is 5.32 Å². The molecule has 0 unspecified atom stereocenters. The molecule has 1 saturated heterocycles. The summed E-state index contributed by atoms with van der Waals surface area (Å²) in [6, 6.07) is 12.1. The first-order valence-corrected chi connectivity index (χ1v) is 8.75. The van der Waals surface area contributed by atoms with Crippen molar-refractivity contribution in [1.82, 2.24) is 4.90 Å². The summed E-state index contributed by atoms with van der Waals surface area (Å²) in [6.45, 7) is -0.278. The molecular formula is C18H13FN2O3S2. The van der Waals surface area contributed by atoms with Gasteiger partial charge in [-0.15, -0.1) is 0 Å². The molecule has 1 aliphatic heterocycles. The third-order valence-corrected chi connectivity index (χ3v) is 4.88. The molecule has 0 saturated carbocycles. The van der Waals surface area contributed by atoms with Crippen LogP contribution in [0, 0.1) is 5.82 Å². The van der Waals surface area contributed by atoms with E-state index in [1.807, 2.05) is 0 Å². The molecule has 0 bridgehead atoms. The number of phenols is 1. The molecule has 0 radical (unpaired) electrons. The summed E-state index contributed by atoms with van der Waals surface area (Å²) in [5, 5.41) is 12.2. The number of phenolic OH excluding ortho intramolecular Hbond substituents is 1. The summed E-state index contributed by atoms with van der Waals surface area (Å²) >= 11 is 6.22. The second kappa shape index (κ2) is 7.67. The van der Waals surface area contributed by atoms with Crippen molar-refractivity contribution in [3.8, 4) is 5.75 Å². The van der Waals surface area contributed by atoms with Crippen molar-refractivity contribution < 1.29 is 19.1 Å². The largest absolute Gasteiger partial charge is 0.506 e. The lowest BCUT2D eigenvalue weighted by molar-refractivity contribution is -0.126. The van der Waals surface area contributed by atoms with Crippen LogP contribution in [0.2, 0.25) is 0 Å². The molecule has 26 heavy (non-hydrogen) atoms. The zero-order chi connectivity index (χ0) is 18.7. The molecule has 3 rings (SSSR count). The number of hydrogen-bond acceptors (Lipinski definition) is 5. The number of halogens is 1. The van der Waals surface area contributed by atoms with Crippen molar-refractivity contribution in [3.63, 3.8) is 0 Å². The fraction of sp³-hybridized carbons (Fsp3) is 0.0556. The predicted molar refractivity (Wildman–Crippen MR) is 103 cm³/mol. The second-order valence-electron chi connectivity index (χ2n) is 5.39. The fourth-order valence-corrected chi connectivity index (χ4v) is 3.55. The van der Waals surface area contributed by atoms with Crippen LogP contribution >= 0.6 is 24.0 Å². The van der Waals surface area contributed by atoms with Crippen LogP contribution in [0.5, 0.6) is 5.75 Å². The Morgan fingerprint density at radius 1 is 1.27 bits per heavy atom. The van der Waals surface area contributed by atoms with Gasteiger partial charge in [-0.3, -0.25) is 14.5 Å². The Morgan fingerprint density at radius 3 is 2.77 bits per heavy atom. The number of thioether (sulfide) groups is 1. The lowest BCUT2D eigenvalue weighted by Gasteiger charge is -2.14. The minimum atomic E-state index is -0.491. The molecular weight excluding hydrogens is 375 g/mol. The van der Waals surface area contributed by atoms with E-state index in [0.29, 0.717) is 10.5 Å². The van der Waals surface area contributed by atoms with Crippen LogP contribution in [0.1, 0.15) is 5.56 Å². The van der Waals surface area contributed by atoms with E-state index in [1.165, 1.54) is 29.2 Å². The third-order valence-electron chi connectivity index (χ3n) is 3.50. The van der Waals surface area contributed by atoms with Gasteiger partial charge in [0, 0.05) is 0 Å². The first kappa shape index (κ1) is 18.1. The van der Waals surface area contributed by atoms with Crippen molar-refractivity contribution in [2.75, 3.05) is 11.9 Å². The molecule has 1 heterocycles. The molecule has 5 nitrogen and oxygen atoms in total. The molecule has 8 heteroatoms. The maximum absolute atomic E-state index is 13.3. The number of nitrogens with one attached hydrogen (secondary N) is 1. The van der Waals surface area contributed by atoms with Gasteiger partial charge in [-0.2, -0.15) is 0 Å². The molecule has 0 aliphatic carbocycles. The minimum Gasteiger partial charge on any atom is -0.506 e. The van der Waals surface area contributed by atoms with Crippen LogP contribution in [0.3, 0.4) is 0 Å². The quantitative estimate of drug-likeness (QED) is 0.477. The molecule has 2 amide bonds. The van der Waals surface area contributed by atoms with Gasteiger partial charge in [0.2, 0.25) is 5.91 Å². The van der Waals surface area contributed by atoms with Gasteiger partial charge >= 0.3 is 0 Å². The maximum Gasteiger partial charge on any atom is 0.266 e. The van der Waals surface area contributed by atoms with Crippen LogP contribution in [-0.2, 0) is 9.59 Å². The molecule has 0 atom stereocenters. The Balaban J connectivity index is 1.71. The Hall–Kier alpha value is -2.71. The molecule has 1 fully saturated rings. The zero-order valence-electron chi connectivity index (χ0n) is 13.3. The van der Waals surface area contributed by atoms with Gasteiger partial charge in [0.1, 0.15) is 22.4 Å². The summed E-state index contributed by atoms with van der Waals surface area (Å²) in [4.78, 5) is 26.1. The van der Waals surface area contributed by atoms with Gasteiger partial charge < -0.3 is 10.4 Å². The molecule has 132 valence electrons. The highest BCUT2D eigenvalue weighted by Crippen LogP contribution is 2.32. The number of benzene rings is 2. The molecule has 0 aromatic heterocycles. The Bertz CT molecular complexity index is 930. The van der Waals surface area contributed by atoms with E-state index in [-0.39, 0.29) is 22.3 Å². The van der Waals surface area contributed by atoms with Crippen LogP contribution in [-0.4, -0.2) is 32.7 Å². The van der Waals surface area contributed by atoms with Crippen molar-refractivity contribution in [2.24, 2.45) is 0 Å². The van der Waals surface area contributed by atoms with E-state index in [1.54, 1.807) is 30.3 Å². The highest BCUT2D eigenvalue weighted by Gasteiger charge is 2.33. The lowest BCUT2D eigenvalue weighted by atomic mass is 10.2. The van der Waals surface area contributed by atoms with E-state index in [2.05, 4.69) is 5.32 Å². The van der Waals surface area contributed by atoms with Crippen molar-refractivity contribution in [2.45, 2.75) is 0 Å². The van der Waals surface area contributed by atoms with Gasteiger partial charge in [0.05, 0.1) is 10.6 Å². The average molecular weight is 388 g/mol. The Morgan fingerprint density at radius 2 is 2.04 bits per heavy atom. The van der Waals surface area contributed by atoms with Gasteiger partial charge in [0.15, 0.2) is 0 Å². The van der Waals surface area contributed by atoms with Gasteiger partial charge in [-0.1, -0.05) is 48.2 Å². The number of carbonyl (C=O) groups excluding carboxylic acids is 2. The van der Waals surface area contributed by atoms with Crippen LogP contribution in [0.25, 0.3) is 6.08 Å². The Labute approximate surface area is 158 Å². The molecule has 1 aliphatic rings. The molecule has 2 aromatic carbocycles. The highest BCUT2D eigenvalue weighted by atomic mass is 32.2. The number of thiocarbonyl (C=S) groups is 1. The summed E-state index contributed by atoms with van der Waals surface area (Å²) < 4.78 is 13.5. The van der Waals surface area contributed by atoms with E-state index in [0.717, 1.165) is 11.8 Å². The van der Waals surface area contributed by atoms with Crippen molar-refractivity contribution in [1.29, 1.82) is 0 Å². The van der Waals surface area contributed by atoms with Crippen molar-refractivity contribution in [3.05, 3.63) is 64.8 Å². The van der Waals surface area contributed by atoms with Crippen molar-refractivity contribution >= 4 is 51.9 Å². The average Bonchev–Trinajstić information content (AvgIpc) is 2.84. The monoisotopic (exact) mass is 388 g/mol. The number of hydrogen-bond donors (Lipinski definition) is 2. The number of aromatic hydroxyl groups is 1. The number of rotatable bonds is 4. The number of para-hydroxylation sites is 2. The number of carbonyl (C=O) groups is 2. The number of amides is 2. The summed E-state index contributed by atoms with van der Waals surface area (Å²) in [6.07, 6.45) is 1.53. The van der Waals surface area contributed by atoms with Crippen LogP contribution in [0.15, 0.2) is 53.4 Å². The zero-order valence-corrected chi connectivity index (χ0v) is 14.9. The topological polar surface area (TPSA) is 69.6 Å². The third kappa shape index (κ3) is 4.09. The number of anilines is 1. The molecule has 2 aromatic rings. The van der Waals surface area contributed by atoms with E-state index >= 15 is 0 Å². The lowest BCUT2D eigenvalue weighted by Crippen LogP contribution is -2.36. The fourth-order valence-electron chi connectivity index (χ4n) is 2.30. The molecule has 2 N–H and O–H groups in total. The first-order chi connectivity index (χ1) is 12.4. The standard InChI is InChI=1S/C18H13FN2O3S2/c19-12-5-3-4-11(8-12)9-15-17(24)21(18(25)26-15)10-16(23)20-13-6-1-2-7-14(13)22/h1-9,22H,10H2,(H,20,23)/b15-9-. The smallest absolute Gasteiger partial charge is 0.266 e. The van der Waals surface area contributed by atoms with Gasteiger partial charge in [-0.25, -0.2) is 4.39 Å². The minimum absolute atomic E-state index is 0.0720. The highest BCUT2D eigenvalue weighted by molar-refractivity contribution is 8.26. The van der Waals surface area contributed by atoms with Crippen LogP contribution in [0.4, 0.5) is 10.1 Å². The van der Waals surface area contributed by atoms with E-state index in [9.17, 15) is 19.1 Å². The predicted octanol–water partition coefficient (Wildman–Crippen LogP) is 3.37. The van der Waals surface area contributed by atoms with E-state index < -0.39 is 17.6 Å². The summed E-state index contributed by atoms with van der Waals surface area (Å²) in [5.74, 6) is -1.39. The maximum atomic E-state index is 13.3. The SMILES string of the molecule is O=C(CN1C(=O)/C(=C/c2cccc(F)c2)SC1=S)Nc1ccccc1O. The summed E-state index contributed by atoms with van der Waals surface area (Å²) in [7, 11) is 0. The second-order valence-corrected chi connectivity index (χ2v) is 7.06. The normalized spacial score (nSPS) is 15.6. The van der Waals surface area contributed by atoms with Gasteiger partial charge in [0.25, 0.3) is 5.91 Å². The first-order valence-electron chi connectivity index (χ1n) is 7.53. The van der Waals surface area contributed by atoms with Gasteiger partial charge in [-0.05, 0) is 35.9 Å². The molecule has 0 spiro atoms.